The predicted molar refractivity (Wildman–Crippen MR) is 252 cm³/mol. The first-order valence-electron chi connectivity index (χ1n) is 22.8. The quantitative estimate of drug-likeness (QED) is 0.0443. The van der Waals surface area contributed by atoms with Crippen molar-refractivity contribution in [3.8, 4) is 23.0 Å². The Kier molecular flexibility index (Phi) is 27.6. The summed E-state index contributed by atoms with van der Waals surface area (Å²) in [4.78, 5) is 21.2. The number of carbonyl (C=O) groups is 2. The van der Waals surface area contributed by atoms with Gasteiger partial charge in [0.15, 0.2) is 34.9 Å². The van der Waals surface area contributed by atoms with E-state index >= 15 is 0 Å². The van der Waals surface area contributed by atoms with Crippen LogP contribution in [-0.4, -0.2) is 27.6 Å². The number of hydrogen-bond donors (Lipinski definition) is 3. The lowest BCUT2D eigenvalue weighted by Gasteiger charge is -2.25. The van der Waals surface area contributed by atoms with Crippen LogP contribution in [0.2, 0.25) is 0 Å². The van der Waals surface area contributed by atoms with Gasteiger partial charge in [0, 0.05) is 57.3 Å². The number of phenolic OH excluding ortho intramolecular Hbond substituents is 2. The highest BCUT2D eigenvalue weighted by molar-refractivity contribution is 7.59. The van der Waals surface area contributed by atoms with Gasteiger partial charge in [-0.05, 0) is 63.2 Å². The number of alkyl halides is 4. The summed E-state index contributed by atoms with van der Waals surface area (Å²) in [6, 6.07) is 1.13. The third-order valence-corrected chi connectivity index (χ3v) is 11.8. The lowest BCUT2D eigenvalue weighted by atomic mass is 9.80. The van der Waals surface area contributed by atoms with Gasteiger partial charge in [0.2, 0.25) is 0 Å². The van der Waals surface area contributed by atoms with E-state index in [1.807, 2.05) is 0 Å². The van der Waals surface area contributed by atoms with Gasteiger partial charge in [0.05, 0.1) is 5.92 Å². The van der Waals surface area contributed by atoms with Crippen molar-refractivity contribution in [1.29, 1.82) is 0 Å². The van der Waals surface area contributed by atoms with E-state index in [0.717, 1.165) is 56.6 Å². The molecule has 73 heavy (non-hydrogen) atoms. The van der Waals surface area contributed by atoms with Crippen LogP contribution in [0.5, 0.6) is 23.0 Å². The highest BCUT2D eigenvalue weighted by atomic mass is 32.1. The summed E-state index contributed by atoms with van der Waals surface area (Å²) in [7, 11) is 0. The molecule has 0 saturated heterocycles. The van der Waals surface area contributed by atoms with E-state index in [1.54, 1.807) is 0 Å². The predicted octanol–water partition coefficient (Wildman–Crippen LogP) is 16.7. The molecule has 0 atom stereocenters. The normalized spacial score (nSPS) is 17.4. The molecule has 0 aliphatic heterocycles. The molecule has 0 heterocycles. The molecule has 0 amide bonds. The molecular weight excluding hydrogens is 1020 g/mol. The number of benzene rings is 4. The average Bonchev–Trinajstić information content (AvgIpc) is 3.27. The van der Waals surface area contributed by atoms with Crippen LogP contribution in [-0.2, 0) is 21.8 Å². The Labute approximate surface area is 424 Å². The van der Waals surface area contributed by atoms with Crippen molar-refractivity contribution in [1.82, 2.24) is 0 Å². The highest BCUT2D eigenvalue weighted by Gasteiger charge is 2.43. The number of aldehydes is 1. The van der Waals surface area contributed by atoms with Crippen LogP contribution in [0, 0.1) is 81.8 Å². The Morgan fingerprint density at radius 3 is 1.12 bits per heavy atom. The van der Waals surface area contributed by atoms with Crippen LogP contribution in [0.4, 0.5) is 61.5 Å². The molecule has 2 fully saturated rings. The zero-order valence-electron chi connectivity index (χ0n) is 39.1. The zero-order valence-corrected chi connectivity index (χ0v) is 40.1. The molecular formula is C51H64F14O7S. The van der Waals surface area contributed by atoms with E-state index in [9.17, 15) is 71.1 Å². The second-order valence-corrected chi connectivity index (χ2v) is 17.2. The van der Waals surface area contributed by atoms with Crippen molar-refractivity contribution < 1.29 is 98.7 Å². The van der Waals surface area contributed by atoms with Gasteiger partial charge in [0.1, 0.15) is 63.7 Å². The number of carbonyl (C=O) groups excluding carboxylic acids is 1. The fourth-order valence-electron chi connectivity index (χ4n) is 7.93. The maximum absolute atomic E-state index is 13.7. The summed E-state index contributed by atoms with van der Waals surface area (Å²) in [6.07, 6.45) is 11.6. The number of halogens is 14. The summed E-state index contributed by atoms with van der Waals surface area (Å²) in [5, 5.41) is 26.6. The molecule has 0 radical (unpaired) electrons. The number of hydrogen-bond acceptors (Lipinski definition) is 6. The van der Waals surface area contributed by atoms with Crippen molar-refractivity contribution in [3.63, 3.8) is 0 Å². The highest BCUT2D eigenvalue weighted by Crippen LogP contribution is 2.39. The van der Waals surface area contributed by atoms with Gasteiger partial charge < -0.3 is 29.6 Å². The van der Waals surface area contributed by atoms with Gasteiger partial charge in [-0.3, -0.25) is 4.79 Å². The maximum atomic E-state index is 13.7. The van der Waals surface area contributed by atoms with E-state index in [0.29, 0.717) is 5.92 Å². The molecule has 2 aliphatic carbocycles. The molecule has 2 saturated carbocycles. The Morgan fingerprint density at radius 1 is 0.548 bits per heavy atom. The van der Waals surface area contributed by atoms with Gasteiger partial charge in [-0.15, -0.1) is 0 Å². The molecule has 7 nitrogen and oxygen atoms in total. The largest absolute Gasteiger partial charge is 0.508 e. The molecule has 4 aromatic carbocycles. The minimum atomic E-state index is -4.67. The summed E-state index contributed by atoms with van der Waals surface area (Å²) < 4.78 is 193. The SMILES string of the molecule is C.CCCCCC1CCC(C(=O)O)CC1.CCCCCC1CCC(C=O)CC1.Oc1cc(F)c(C(F)(F)Oc2cc(F)c(F)c(F)c2)c(F)c1.Oc1cc(F)c(C(F)(F)Oc2cc(F)c(F)c(F)c2)c(F)c1.S.[HH].[HH]. The molecule has 414 valence electrons. The van der Waals surface area contributed by atoms with E-state index in [2.05, 4.69) is 23.3 Å². The number of carboxylic acids is 1. The van der Waals surface area contributed by atoms with Gasteiger partial charge in [0.25, 0.3) is 0 Å². The van der Waals surface area contributed by atoms with Crippen molar-refractivity contribution in [2.75, 3.05) is 0 Å². The molecule has 0 unspecified atom stereocenters. The van der Waals surface area contributed by atoms with Crippen molar-refractivity contribution >= 4 is 25.8 Å². The Balaban J connectivity index is 0. The average molecular weight is 1090 g/mol. The fourth-order valence-corrected chi connectivity index (χ4v) is 7.93. The first kappa shape index (κ1) is 65.6. The summed E-state index contributed by atoms with van der Waals surface area (Å²) in [5.74, 6) is -21.3. The third kappa shape index (κ3) is 20.4. The minimum absolute atomic E-state index is 0. The molecule has 2 aliphatic rings. The Hall–Kier alpha value is -5.41. The molecule has 0 aromatic heterocycles. The van der Waals surface area contributed by atoms with Crippen LogP contribution in [0.15, 0.2) is 48.5 Å². The first-order chi connectivity index (χ1) is 33.3. The van der Waals surface area contributed by atoms with Gasteiger partial charge >= 0.3 is 18.2 Å². The van der Waals surface area contributed by atoms with Crippen LogP contribution in [0.3, 0.4) is 0 Å². The maximum Gasteiger partial charge on any atom is 0.432 e. The monoisotopic (exact) mass is 1090 g/mol. The van der Waals surface area contributed by atoms with Crippen LogP contribution >= 0.6 is 13.5 Å². The van der Waals surface area contributed by atoms with Crippen LogP contribution < -0.4 is 9.47 Å². The van der Waals surface area contributed by atoms with Gasteiger partial charge in [-0.25, -0.2) is 43.9 Å². The lowest BCUT2D eigenvalue weighted by Crippen LogP contribution is -2.25. The second-order valence-electron chi connectivity index (χ2n) is 17.2. The van der Waals surface area contributed by atoms with E-state index in [1.165, 1.54) is 64.2 Å². The van der Waals surface area contributed by atoms with Gasteiger partial charge in [-0.1, -0.05) is 72.6 Å². The van der Waals surface area contributed by atoms with Crippen molar-refractivity contribution in [2.24, 2.45) is 23.7 Å². The van der Waals surface area contributed by atoms with E-state index in [-0.39, 0.29) is 78.2 Å². The zero-order chi connectivity index (χ0) is 53.2. The number of ether oxygens (including phenoxy) is 2. The standard InChI is InChI=1S/2C13H5F7O2.C12H22O2.C12H22O.CH4.H2S.2H2/c2*14-7-1-5(21)2-8(15)11(7)13(19,20)22-6-3-9(16)12(18)10(17)4-6;1-2-3-4-5-10-6-8-11(9-7-10)12(13)14;1-2-3-4-5-11-6-8-12(10-13)9-7-11;;;;/h2*1-4,21H;10-11H,2-9H2,1H3,(H,13,14);10-12H,2-9H2,1H3;1H4;1H2;2*1H. The van der Waals surface area contributed by atoms with E-state index < -0.39 is 110 Å². The lowest BCUT2D eigenvalue weighted by molar-refractivity contribution is -0.190. The smallest absolute Gasteiger partial charge is 0.432 e. The molecule has 6 rings (SSSR count). The first-order valence-corrected chi connectivity index (χ1v) is 22.8. The number of aliphatic carboxylic acids is 1. The molecule has 4 aromatic rings. The number of aromatic hydroxyl groups is 2. The number of rotatable bonds is 16. The number of phenols is 2. The Bertz CT molecular complexity index is 2150. The third-order valence-electron chi connectivity index (χ3n) is 11.8. The van der Waals surface area contributed by atoms with Crippen LogP contribution in [0.25, 0.3) is 0 Å². The molecule has 22 heteroatoms. The minimum Gasteiger partial charge on any atom is -0.508 e. The number of carboxylic acid groups (broad SMARTS) is 1. The summed E-state index contributed by atoms with van der Waals surface area (Å²) >= 11 is 0. The number of unbranched alkanes of at least 4 members (excludes halogenated alkanes) is 4. The molecule has 0 spiro atoms. The summed E-state index contributed by atoms with van der Waals surface area (Å²) in [5.41, 5.74) is -3.76. The van der Waals surface area contributed by atoms with Crippen molar-refractivity contribution in [2.45, 2.75) is 136 Å². The van der Waals surface area contributed by atoms with Crippen LogP contribution in [0.1, 0.15) is 138 Å². The topological polar surface area (TPSA) is 113 Å². The fraction of sp³-hybridized carbons (Fsp3) is 0.490. The second kappa shape index (κ2) is 30.7. The summed E-state index contributed by atoms with van der Waals surface area (Å²) in [6.45, 7) is 4.48. The Morgan fingerprint density at radius 2 is 0.849 bits per heavy atom. The van der Waals surface area contributed by atoms with E-state index in [4.69, 9.17) is 15.3 Å². The van der Waals surface area contributed by atoms with Gasteiger partial charge in [-0.2, -0.15) is 31.1 Å². The molecule has 3 N–H and O–H groups in total. The molecule has 0 bridgehead atoms. The van der Waals surface area contributed by atoms with Crippen molar-refractivity contribution in [3.05, 3.63) is 118 Å².